The topological polar surface area (TPSA) is 78.9 Å². The molecule has 396 valence electrons. The van der Waals surface area contributed by atoms with Crippen molar-refractivity contribution in [3.05, 3.63) is 12.2 Å². The van der Waals surface area contributed by atoms with Gasteiger partial charge in [-0.1, -0.05) is 290 Å². The van der Waals surface area contributed by atoms with E-state index in [1.165, 1.54) is 238 Å². The number of hydrogen-bond donors (Lipinski definition) is 0. The van der Waals surface area contributed by atoms with Gasteiger partial charge >= 0.3 is 17.9 Å². The van der Waals surface area contributed by atoms with Gasteiger partial charge in [-0.2, -0.15) is 0 Å². The Morgan fingerprint density at radius 1 is 0.284 bits per heavy atom. The molecule has 1 atom stereocenters. The third kappa shape index (κ3) is 55.0. The summed E-state index contributed by atoms with van der Waals surface area (Å²) in [7, 11) is 0. The summed E-state index contributed by atoms with van der Waals surface area (Å²) in [5, 5.41) is 0. The maximum atomic E-state index is 12.8. The molecular formula is C61H116O6. The van der Waals surface area contributed by atoms with E-state index in [0.717, 1.165) is 64.2 Å². The Bertz CT molecular complexity index is 1040. The Labute approximate surface area is 418 Å². The quantitative estimate of drug-likeness (QED) is 0.0262. The number of hydrogen-bond acceptors (Lipinski definition) is 6. The lowest BCUT2D eigenvalue weighted by molar-refractivity contribution is -0.167. The van der Waals surface area contributed by atoms with Crippen molar-refractivity contribution in [2.75, 3.05) is 13.2 Å². The molecule has 0 aliphatic heterocycles. The minimum Gasteiger partial charge on any atom is -0.462 e. The molecule has 6 nitrogen and oxygen atoms in total. The van der Waals surface area contributed by atoms with Crippen molar-refractivity contribution in [2.24, 2.45) is 0 Å². The summed E-state index contributed by atoms with van der Waals surface area (Å²) >= 11 is 0. The molecular weight excluding hydrogens is 829 g/mol. The molecule has 0 rings (SSSR count). The van der Waals surface area contributed by atoms with Crippen LogP contribution in [-0.4, -0.2) is 37.2 Å². The second kappa shape index (κ2) is 56.7. The fraction of sp³-hybridized carbons (Fsp3) is 0.918. The molecule has 0 aromatic heterocycles. The third-order valence-electron chi connectivity index (χ3n) is 13.8. The van der Waals surface area contributed by atoms with Crippen molar-refractivity contribution in [3.63, 3.8) is 0 Å². The standard InChI is InChI=1S/C61H116O6/c1-4-7-10-13-16-19-22-24-26-27-28-29-30-31-32-33-34-35-36-38-39-42-45-48-51-54-60(63)66-57-58(56-65-59(62)53-50-47-44-41-21-18-15-12-9-6-3)67-61(64)55-52-49-46-43-40-37-25-23-20-17-14-11-8-5-2/h23,25,58H,4-22,24,26-57H2,1-3H3/b25-23-. The molecule has 0 radical (unpaired) electrons. The highest BCUT2D eigenvalue weighted by molar-refractivity contribution is 5.71. The lowest BCUT2D eigenvalue weighted by Gasteiger charge is -2.18. The van der Waals surface area contributed by atoms with Gasteiger partial charge in [0.05, 0.1) is 0 Å². The summed E-state index contributed by atoms with van der Waals surface area (Å²) in [6, 6.07) is 0. The zero-order chi connectivity index (χ0) is 48.6. The summed E-state index contributed by atoms with van der Waals surface area (Å²) in [4.78, 5) is 38.1. The van der Waals surface area contributed by atoms with Gasteiger partial charge < -0.3 is 14.2 Å². The first-order chi connectivity index (χ1) is 33.0. The molecule has 0 spiro atoms. The molecule has 0 amide bonds. The Morgan fingerprint density at radius 3 is 0.746 bits per heavy atom. The van der Waals surface area contributed by atoms with E-state index in [2.05, 4.69) is 32.9 Å². The van der Waals surface area contributed by atoms with Crippen LogP contribution >= 0.6 is 0 Å². The molecule has 0 heterocycles. The first kappa shape index (κ1) is 65.1. The van der Waals surface area contributed by atoms with Crippen LogP contribution in [0.1, 0.15) is 342 Å². The summed E-state index contributed by atoms with van der Waals surface area (Å²) in [6.07, 6.45) is 65.1. The minimum absolute atomic E-state index is 0.0677. The predicted octanol–water partition coefficient (Wildman–Crippen LogP) is 20.1. The highest BCUT2D eigenvalue weighted by Crippen LogP contribution is 2.18. The Hall–Kier alpha value is -1.85. The molecule has 67 heavy (non-hydrogen) atoms. The van der Waals surface area contributed by atoms with Gasteiger partial charge in [0.15, 0.2) is 6.10 Å². The summed E-state index contributed by atoms with van der Waals surface area (Å²) < 4.78 is 16.8. The SMILES string of the molecule is CCCCCCC/C=C\CCCCCCCC(=O)OC(COC(=O)CCCCCCCCCCCC)COC(=O)CCCCCCCCCCCCCCCCCCCCCCCCCCC. The normalized spacial score (nSPS) is 12.0. The number of rotatable bonds is 56. The van der Waals surface area contributed by atoms with Gasteiger partial charge in [-0.15, -0.1) is 0 Å². The number of carbonyl (C=O) groups excluding carboxylic acids is 3. The minimum atomic E-state index is -0.768. The monoisotopic (exact) mass is 945 g/mol. The smallest absolute Gasteiger partial charge is 0.306 e. The van der Waals surface area contributed by atoms with Gasteiger partial charge in [0, 0.05) is 19.3 Å². The molecule has 1 unspecified atom stereocenters. The van der Waals surface area contributed by atoms with Crippen molar-refractivity contribution in [1.29, 1.82) is 0 Å². The number of esters is 3. The molecule has 0 bridgehead atoms. The number of allylic oxidation sites excluding steroid dienone is 2. The second-order valence-corrected chi connectivity index (χ2v) is 20.6. The number of carbonyl (C=O) groups is 3. The molecule has 0 saturated heterocycles. The molecule has 0 saturated carbocycles. The van der Waals surface area contributed by atoms with Crippen molar-refractivity contribution >= 4 is 17.9 Å². The highest BCUT2D eigenvalue weighted by atomic mass is 16.6. The van der Waals surface area contributed by atoms with E-state index >= 15 is 0 Å². The van der Waals surface area contributed by atoms with Crippen molar-refractivity contribution in [2.45, 2.75) is 348 Å². The average molecular weight is 946 g/mol. The third-order valence-corrected chi connectivity index (χ3v) is 13.8. The molecule has 0 aliphatic rings. The highest BCUT2D eigenvalue weighted by Gasteiger charge is 2.19. The van der Waals surface area contributed by atoms with Crippen molar-refractivity contribution in [1.82, 2.24) is 0 Å². The lowest BCUT2D eigenvalue weighted by Crippen LogP contribution is -2.30. The van der Waals surface area contributed by atoms with Crippen LogP contribution in [0.25, 0.3) is 0 Å². The Morgan fingerprint density at radius 2 is 0.493 bits per heavy atom. The van der Waals surface area contributed by atoms with Crippen LogP contribution in [0.3, 0.4) is 0 Å². The van der Waals surface area contributed by atoms with E-state index in [0.29, 0.717) is 19.3 Å². The molecule has 0 aromatic carbocycles. The van der Waals surface area contributed by atoms with Crippen LogP contribution in [0.4, 0.5) is 0 Å². The van der Waals surface area contributed by atoms with Crippen molar-refractivity contribution in [3.8, 4) is 0 Å². The van der Waals surface area contributed by atoms with Gasteiger partial charge in [0.25, 0.3) is 0 Å². The van der Waals surface area contributed by atoms with Gasteiger partial charge in [0.2, 0.25) is 0 Å². The molecule has 6 heteroatoms. The van der Waals surface area contributed by atoms with Crippen LogP contribution in [-0.2, 0) is 28.6 Å². The van der Waals surface area contributed by atoms with E-state index in [1.807, 2.05) is 0 Å². The first-order valence-electron chi connectivity index (χ1n) is 30.2. The first-order valence-corrected chi connectivity index (χ1v) is 30.2. The van der Waals surface area contributed by atoms with E-state index in [4.69, 9.17) is 14.2 Å². The number of ether oxygens (including phenoxy) is 3. The molecule has 0 aliphatic carbocycles. The predicted molar refractivity (Wildman–Crippen MR) is 289 cm³/mol. The van der Waals surface area contributed by atoms with E-state index in [-0.39, 0.29) is 31.1 Å². The zero-order valence-corrected chi connectivity index (χ0v) is 45.5. The van der Waals surface area contributed by atoms with Gasteiger partial charge in [-0.3, -0.25) is 14.4 Å². The van der Waals surface area contributed by atoms with Crippen LogP contribution in [0.5, 0.6) is 0 Å². The maximum Gasteiger partial charge on any atom is 0.306 e. The summed E-state index contributed by atoms with van der Waals surface area (Å²) in [5.74, 6) is -0.855. The molecule has 0 fully saturated rings. The molecule has 0 aromatic rings. The largest absolute Gasteiger partial charge is 0.462 e. The van der Waals surface area contributed by atoms with Gasteiger partial charge in [0.1, 0.15) is 13.2 Å². The van der Waals surface area contributed by atoms with Crippen LogP contribution in [0.15, 0.2) is 12.2 Å². The summed E-state index contributed by atoms with van der Waals surface area (Å²) in [6.45, 7) is 6.67. The zero-order valence-electron chi connectivity index (χ0n) is 45.5. The number of unbranched alkanes of at least 4 members (excludes halogenated alkanes) is 43. The average Bonchev–Trinajstić information content (AvgIpc) is 3.33. The second-order valence-electron chi connectivity index (χ2n) is 20.6. The van der Waals surface area contributed by atoms with E-state index in [1.54, 1.807) is 0 Å². The van der Waals surface area contributed by atoms with Crippen LogP contribution < -0.4 is 0 Å². The fourth-order valence-electron chi connectivity index (χ4n) is 9.21. The Kier molecular flexibility index (Phi) is 55.2. The lowest BCUT2D eigenvalue weighted by atomic mass is 10.0. The molecule has 0 N–H and O–H groups in total. The van der Waals surface area contributed by atoms with Crippen LogP contribution in [0.2, 0.25) is 0 Å². The van der Waals surface area contributed by atoms with E-state index in [9.17, 15) is 14.4 Å². The van der Waals surface area contributed by atoms with Gasteiger partial charge in [-0.25, -0.2) is 0 Å². The van der Waals surface area contributed by atoms with Crippen molar-refractivity contribution < 1.29 is 28.6 Å². The van der Waals surface area contributed by atoms with Crippen LogP contribution in [0, 0.1) is 0 Å². The maximum absolute atomic E-state index is 12.8. The summed E-state index contributed by atoms with van der Waals surface area (Å²) in [5.41, 5.74) is 0. The van der Waals surface area contributed by atoms with Gasteiger partial charge in [-0.05, 0) is 44.9 Å². The fourth-order valence-corrected chi connectivity index (χ4v) is 9.21. The Balaban J connectivity index is 4.14. The van der Waals surface area contributed by atoms with E-state index < -0.39 is 6.10 Å².